The lowest BCUT2D eigenvalue weighted by atomic mass is 10.3. The van der Waals surface area contributed by atoms with Crippen LogP contribution in [0.4, 0.5) is 5.69 Å². The molecule has 2 aromatic carbocycles. The molecule has 0 radical (unpaired) electrons. The maximum absolute atomic E-state index is 5.96. The van der Waals surface area contributed by atoms with Gasteiger partial charge < -0.3 is 10.5 Å². The van der Waals surface area contributed by atoms with Crippen molar-refractivity contribution in [2.45, 2.75) is 4.90 Å². The summed E-state index contributed by atoms with van der Waals surface area (Å²) in [5.41, 5.74) is 6.26. The molecule has 0 spiro atoms. The Morgan fingerprint density at radius 1 is 1.05 bits per heavy atom. The summed E-state index contributed by atoms with van der Waals surface area (Å²) < 4.78 is 5.60. The van der Waals surface area contributed by atoms with Gasteiger partial charge in [0.25, 0.3) is 0 Å². The van der Waals surface area contributed by atoms with E-state index in [9.17, 15) is 0 Å². The Balaban J connectivity index is 1.77. The van der Waals surface area contributed by atoms with Gasteiger partial charge in [-0.05, 0) is 42.5 Å². The van der Waals surface area contributed by atoms with Crippen LogP contribution in [0.5, 0.6) is 5.75 Å². The van der Waals surface area contributed by atoms with E-state index < -0.39 is 0 Å². The maximum Gasteiger partial charge on any atom is 0.119 e. The molecule has 0 aromatic heterocycles. The summed E-state index contributed by atoms with van der Waals surface area (Å²) in [5.74, 6) is 1.66. The van der Waals surface area contributed by atoms with Crippen LogP contribution in [-0.4, -0.2) is 12.4 Å². The van der Waals surface area contributed by atoms with Gasteiger partial charge in [-0.1, -0.05) is 23.2 Å². The molecule has 0 bridgehead atoms. The van der Waals surface area contributed by atoms with Gasteiger partial charge in [0.05, 0.1) is 17.3 Å². The third kappa shape index (κ3) is 4.53. The maximum atomic E-state index is 5.96. The van der Waals surface area contributed by atoms with Crippen molar-refractivity contribution in [3.63, 3.8) is 0 Å². The Labute approximate surface area is 126 Å². The first kappa shape index (κ1) is 14.4. The Morgan fingerprint density at radius 2 is 1.79 bits per heavy atom. The van der Waals surface area contributed by atoms with Crippen molar-refractivity contribution >= 4 is 40.7 Å². The second kappa shape index (κ2) is 6.94. The molecule has 5 heteroatoms. The molecule has 2 nitrogen and oxygen atoms in total. The molecule has 0 aliphatic heterocycles. The SMILES string of the molecule is Nc1ccc(SCCOc2ccc(Cl)cc2)cc1Cl. The normalized spacial score (nSPS) is 10.4. The molecular formula is C14H13Cl2NOS. The predicted molar refractivity (Wildman–Crippen MR) is 83.5 cm³/mol. The van der Waals surface area contributed by atoms with Gasteiger partial charge in [-0.25, -0.2) is 0 Å². The van der Waals surface area contributed by atoms with Crippen LogP contribution in [0.25, 0.3) is 0 Å². The van der Waals surface area contributed by atoms with Gasteiger partial charge in [0.2, 0.25) is 0 Å². The highest BCUT2D eigenvalue weighted by molar-refractivity contribution is 7.99. The quantitative estimate of drug-likeness (QED) is 0.491. The van der Waals surface area contributed by atoms with E-state index in [4.69, 9.17) is 33.7 Å². The molecule has 0 saturated heterocycles. The number of hydrogen-bond acceptors (Lipinski definition) is 3. The van der Waals surface area contributed by atoms with E-state index in [2.05, 4.69) is 0 Å². The van der Waals surface area contributed by atoms with Crippen LogP contribution in [0.2, 0.25) is 10.0 Å². The van der Waals surface area contributed by atoms with Crippen molar-refractivity contribution in [3.8, 4) is 5.75 Å². The molecule has 0 heterocycles. The summed E-state index contributed by atoms with van der Waals surface area (Å²) in [6.07, 6.45) is 0. The molecule has 0 aliphatic rings. The highest BCUT2D eigenvalue weighted by Gasteiger charge is 2.00. The van der Waals surface area contributed by atoms with E-state index in [-0.39, 0.29) is 0 Å². The summed E-state index contributed by atoms with van der Waals surface area (Å²) >= 11 is 13.4. The van der Waals surface area contributed by atoms with Crippen molar-refractivity contribution < 1.29 is 4.74 Å². The fraction of sp³-hybridized carbons (Fsp3) is 0.143. The smallest absolute Gasteiger partial charge is 0.119 e. The van der Waals surface area contributed by atoms with Crippen LogP contribution in [0, 0.1) is 0 Å². The highest BCUT2D eigenvalue weighted by Crippen LogP contribution is 2.26. The largest absolute Gasteiger partial charge is 0.493 e. The first-order valence-electron chi connectivity index (χ1n) is 5.71. The number of anilines is 1. The minimum atomic E-state index is 0.587. The van der Waals surface area contributed by atoms with E-state index in [0.29, 0.717) is 22.3 Å². The molecule has 0 aliphatic carbocycles. The van der Waals surface area contributed by atoms with Crippen molar-refractivity contribution in [1.29, 1.82) is 0 Å². The van der Waals surface area contributed by atoms with Crippen molar-refractivity contribution in [3.05, 3.63) is 52.5 Å². The fourth-order valence-corrected chi connectivity index (χ4v) is 2.59. The van der Waals surface area contributed by atoms with Crippen LogP contribution >= 0.6 is 35.0 Å². The number of hydrogen-bond donors (Lipinski definition) is 1. The predicted octanol–water partition coefficient (Wildman–Crippen LogP) is 4.75. The summed E-state index contributed by atoms with van der Waals surface area (Å²) in [5, 5.41) is 1.29. The summed E-state index contributed by atoms with van der Waals surface area (Å²) in [6, 6.07) is 13.0. The van der Waals surface area contributed by atoms with Crippen LogP contribution in [0.3, 0.4) is 0 Å². The minimum absolute atomic E-state index is 0.587. The van der Waals surface area contributed by atoms with E-state index in [1.165, 1.54) is 0 Å². The minimum Gasteiger partial charge on any atom is -0.493 e. The molecule has 0 unspecified atom stereocenters. The Morgan fingerprint density at radius 3 is 2.47 bits per heavy atom. The van der Waals surface area contributed by atoms with E-state index >= 15 is 0 Å². The topological polar surface area (TPSA) is 35.2 Å². The second-order valence-corrected chi connectivity index (χ2v) is 5.85. The van der Waals surface area contributed by atoms with Crippen molar-refractivity contribution in [2.24, 2.45) is 0 Å². The molecule has 2 rings (SSSR count). The van der Waals surface area contributed by atoms with Crippen LogP contribution < -0.4 is 10.5 Å². The monoisotopic (exact) mass is 313 g/mol. The number of rotatable bonds is 5. The van der Waals surface area contributed by atoms with Crippen LogP contribution in [-0.2, 0) is 0 Å². The Hall–Kier alpha value is -1.03. The van der Waals surface area contributed by atoms with Gasteiger partial charge >= 0.3 is 0 Å². The zero-order valence-electron chi connectivity index (χ0n) is 10.1. The molecule has 0 atom stereocenters. The first-order valence-corrected chi connectivity index (χ1v) is 7.45. The number of halogens is 2. The van der Waals surface area contributed by atoms with Gasteiger partial charge in [-0.3, -0.25) is 0 Å². The Bertz CT molecular complexity index is 546. The number of benzene rings is 2. The van der Waals surface area contributed by atoms with E-state index in [1.807, 2.05) is 42.5 Å². The van der Waals surface area contributed by atoms with E-state index in [1.54, 1.807) is 11.8 Å². The number of nitrogens with two attached hydrogens (primary N) is 1. The van der Waals surface area contributed by atoms with Gasteiger partial charge in [-0.15, -0.1) is 11.8 Å². The van der Waals surface area contributed by atoms with Gasteiger partial charge in [0, 0.05) is 15.7 Å². The molecule has 2 N–H and O–H groups in total. The molecule has 0 fully saturated rings. The van der Waals surface area contributed by atoms with Gasteiger partial charge in [0.15, 0.2) is 0 Å². The van der Waals surface area contributed by atoms with Gasteiger partial charge in [0.1, 0.15) is 5.75 Å². The van der Waals surface area contributed by atoms with Crippen molar-refractivity contribution in [1.82, 2.24) is 0 Å². The molecule has 100 valence electrons. The molecule has 0 saturated carbocycles. The molecule has 0 amide bonds. The fourth-order valence-electron chi connectivity index (χ4n) is 1.45. The second-order valence-electron chi connectivity index (χ2n) is 3.83. The Kier molecular flexibility index (Phi) is 5.25. The van der Waals surface area contributed by atoms with Crippen LogP contribution in [0.15, 0.2) is 47.4 Å². The summed E-state index contributed by atoms with van der Waals surface area (Å²) in [4.78, 5) is 1.08. The van der Waals surface area contributed by atoms with Gasteiger partial charge in [-0.2, -0.15) is 0 Å². The lowest BCUT2D eigenvalue weighted by Gasteiger charge is -2.07. The number of thioether (sulfide) groups is 1. The van der Waals surface area contributed by atoms with E-state index in [0.717, 1.165) is 16.4 Å². The molecule has 19 heavy (non-hydrogen) atoms. The number of nitrogen functional groups attached to an aromatic ring is 1. The average molecular weight is 314 g/mol. The lowest BCUT2D eigenvalue weighted by molar-refractivity contribution is 0.344. The third-order valence-corrected chi connectivity index (χ3v) is 3.94. The number of ether oxygens (including phenoxy) is 1. The average Bonchev–Trinajstić information content (AvgIpc) is 2.41. The zero-order valence-corrected chi connectivity index (χ0v) is 12.4. The lowest BCUT2D eigenvalue weighted by Crippen LogP contribution is -1.99. The standard InChI is InChI=1S/C14H13Cl2NOS/c15-10-1-3-11(4-2-10)18-7-8-19-12-5-6-14(17)13(16)9-12/h1-6,9H,7-8,17H2. The highest BCUT2D eigenvalue weighted by atomic mass is 35.5. The molecular weight excluding hydrogens is 301 g/mol. The molecule has 2 aromatic rings. The van der Waals surface area contributed by atoms with Crippen molar-refractivity contribution in [2.75, 3.05) is 18.1 Å². The zero-order chi connectivity index (χ0) is 13.7. The summed E-state index contributed by atoms with van der Waals surface area (Å²) in [7, 11) is 0. The third-order valence-electron chi connectivity index (χ3n) is 2.41. The first-order chi connectivity index (χ1) is 9.15. The van der Waals surface area contributed by atoms with Crippen LogP contribution in [0.1, 0.15) is 0 Å². The summed E-state index contributed by atoms with van der Waals surface area (Å²) in [6.45, 7) is 0.619.